The van der Waals surface area contributed by atoms with Crippen LogP contribution in [-0.2, 0) is 11.2 Å². The maximum atomic E-state index is 11.6. The molecule has 0 radical (unpaired) electrons. The summed E-state index contributed by atoms with van der Waals surface area (Å²) in [6, 6.07) is 8.18. The minimum absolute atomic E-state index is 0.214. The van der Waals surface area contributed by atoms with Crippen molar-refractivity contribution in [2.45, 2.75) is 76.5 Å². The van der Waals surface area contributed by atoms with E-state index in [0.29, 0.717) is 12.1 Å². The third-order valence-electron chi connectivity index (χ3n) is 7.70. The number of hydrogen-bond acceptors (Lipinski definition) is 4. The van der Waals surface area contributed by atoms with Crippen LogP contribution in [0.3, 0.4) is 0 Å². The maximum absolute atomic E-state index is 11.6. The Morgan fingerprint density at radius 3 is 2.34 bits per heavy atom. The lowest BCUT2D eigenvalue weighted by Gasteiger charge is -2.41. The van der Waals surface area contributed by atoms with Crippen molar-refractivity contribution < 1.29 is 9.53 Å². The first-order chi connectivity index (χ1) is 14.2. The minimum atomic E-state index is 0.214. The molecule has 0 atom stereocenters. The topological polar surface area (TPSA) is 36.0 Å². The van der Waals surface area contributed by atoms with Crippen LogP contribution in [0.5, 0.6) is 5.75 Å². The second-order valence-electron chi connectivity index (χ2n) is 9.41. The summed E-state index contributed by atoms with van der Waals surface area (Å²) in [5, 5.41) is 0. The van der Waals surface area contributed by atoms with Crippen LogP contribution in [-0.4, -0.2) is 66.6 Å². The normalized spacial score (nSPS) is 24.4. The molecule has 4 aliphatic rings. The molecular formula is C24H35N3O2. The monoisotopic (exact) mass is 397 g/mol. The highest BCUT2D eigenvalue weighted by Gasteiger charge is 2.31. The van der Waals surface area contributed by atoms with Crippen LogP contribution >= 0.6 is 0 Å². The Morgan fingerprint density at radius 1 is 0.931 bits per heavy atom. The van der Waals surface area contributed by atoms with Crippen LogP contribution in [0.1, 0.15) is 57.4 Å². The zero-order chi connectivity index (χ0) is 19.8. The van der Waals surface area contributed by atoms with E-state index in [1.54, 1.807) is 6.92 Å². The van der Waals surface area contributed by atoms with Gasteiger partial charge in [-0.1, -0.05) is 6.42 Å². The lowest BCUT2D eigenvalue weighted by Crippen LogP contribution is -2.46. The third-order valence-corrected chi connectivity index (χ3v) is 7.70. The number of amides is 1. The number of likely N-dealkylation sites (tertiary alicyclic amines) is 2. The van der Waals surface area contributed by atoms with Crippen molar-refractivity contribution in [2.24, 2.45) is 0 Å². The van der Waals surface area contributed by atoms with Gasteiger partial charge in [-0.15, -0.1) is 0 Å². The van der Waals surface area contributed by atoms with Crippen LogP contribution in [0.2, 0.25) is 0 Å². The van der Waals surface area contributed by atoms with Crippen molar-refractivity contribution in [1.29, 1.82) is 0 Å². The first kappa shape index (κ1) is 19.2. The van der Waals surface area contributed by atoms with E-state index < -0.39 is 0 Å². The molecule has 0 aromatic heterocycles. The van der Waals surface area contributed by atoms with Gasteiger partial charge in [0, 0.05) is 57.4 Å². The van der Waals surface area contributed by atoms with Crippen LogP contribution in [0.15, 0.2) is 18.2 Å². The summed E-state index contributed by atoms with van der Waals surface area (Å²) in [7, 11) is 0. The molecule has 1 aromatic rings. The highest BCUT2D eigenvalue weighted by atomic mass is 16.5. The molecule has 5 heteroatoms. The lowest BCUT2D eigenvalue weighted by molar-refractivity contribution is -0.129. The molecule has 0 spiro atoms. The van der Waals surface area contributed by atoms with E-state index in [9.17, 15) is 4.79 Å². The number of nitrogens with zero attached hydrogens (tertiary/aromatic N) is 3. The molecule has 29 heavy (non-hydrogen) atoms. The van der Waals surface area contributed by atoms with Crippen LogP contribution in [0.25, 0.3) is 0 Å². The maximum Gasteiger partial charge on any atom is 0.219 e. The van der Waals surface area contributed by atoms with Gasteiger partial charge < -0.3 is 19.4 Å². The summed E-state index contributed by atoms with van der Waals surface area (Å²) in [6.07, 6.45) is 10.2. The summed E-state index contributed by atoms with van der Waals surface area (Å²) in [4.78, 5) is 18.8. The predicted molar refractivity (Wildman–Crippen MR) is 116 cm³/mol. The van der Waals surface area contributed by atoms with E-state index in [-0.39, 0.29) is 5.91 Å². The van der Waals surface area contributed by atoms with Gasteiger partial charge in [-0.25, -0.2) is 0 Å². The molecule has 1 saturated carbocycles. The fraction of sp³-hybridized carbons (Fsp3) is 0.708. The quantitative estimate of drug-likeness (QED) is 0.780. The number of hydrogen-bond donors (Lipinski definition) is 0. The predicted octanol–water partition coefficient (Wildman–Crippen LogP) is 3.46. The smallest absolute Gasteiger partial charge is 0.219 e. The van der Waals surface area contributed by atoms with Crippen molar-refractivity contribution in [3.8, 4) is 5.75 Å². The van der Waals surface area contributed by atoms with E-state index in [1.807, 2.05) is 4.90 Å². The van der Waals surface area contributed by atoms with Gasteiger partial charge in [0.25, 0.3) is 0 Å². The lowest BCUT2D eigenvalue weighted by atomic mass is 9.90. The molecule has 1 aromatic carbocycles. The van der Waals surface area contributed by atoms with E-state index >= 15 is 0 Å². The standard InChI is InChI=1S/C24H35N3O2/c1-18(28)25-12-8-21(9-13-25)27-16-7-19-17-23(5-6-24(19)27)29-22-10-14-26(15-11-22)20-3-2-4-20/h5-6,17,20-22H,2-4,7-16H2,1H3. The Morgan fingerprint density at radius 2 is 1.69 bits per heavy atom. The molecule has 5 nitrogen and oxygen atoms in total. The SMILES string of the molecule is CC(=O)N1CCC(N2CCc3cc(OC4CCN(C5CCC5)CC4)ccc32)CC1. The summed E-state index contributed by atoms with van der Waals surface area (Å²) < 4.78 is 6.39. The largest absolute Gasteiger partial charge is 0.490 e. The van der Waals surface area contributed by atoms with Crippen LogP contribution in [0, 0.1) is 0 Å². The summed E-state index contributed by atoms with van der Waals surface area (Å²) >= 11 is 0. The van der Waals surface area contributed by atoms with Gasteiger partial charge in [-0.2, -0.15) is 0 Å². The summed E-state index contributed by atoms with van der Waals surface area (Å²) in [5.41, 5.74) is 2.82. The van der Waals surface area contributed by atoms with Crippen molar-refractivity contribution in [1.82, 2.24) is 9.80 Å². The van der Waals surface area contributed by atoms with Gasteiger partial charge in [0.2, 0.25) is 5.91 Å². The van der Waals surface area contributed by atoms with Crippen molar-refractivity contribution in [3.05, 3.63) is 23.8 Å². The summed E-state index contributed by atoms with van der Waals surface area (Å²) in [6.45, 7) is 6.98. The number of carbonyl (C=O) groups excluding carboxylic acids is 1. The Labute approximate surface area is 175 Å². The van der Waals surface area contributed by atoms with E-state index in [1.165, 1.54) is 43.6 Å². The molecule has 1 amide bonds. The molecule has 5 rings (SSSR count). The highest BCUT2D eigenvalue weighted by Crippen LogP contribution is 2.36. The van der Waals surface area contributed by atoms with Crippen molar-refractivity contribution in [3.63, 3.8) is 0 Å². The van der Waals surface area contributed by atoms with Gasteiger partial charge >= 0.3 is 0 Å². The number of anilines is 1. The fourth-order valence-electron chi connectivity index (χ4n) is 5.65. The number of carbonyl (C=O) groups is 1. The number of fused-ring (bicyclic) bond motifs is 1. The molecular weight excluding hydrogens is 362 g/mol. The van der Waals surface area contributed by atoms with Crippen molar-refractivity contribution in [2.75, 3.05) is 37.6 Å². The number of piperidine rings is 2. The number of rotatable bonds is 4. The Balaban J connectivity index is 1.16. The Kier molecular flexibility index (Phi) is 5.42. The van der Waals surface area contributed by atoms with E-state index in [2.05, 4.69) is 28.0 Å². The van der Waals surface area contributed by atoms with Gasteiger partial charge in [-0.3, -0.25) is 4.79 Å². The third kappa shape index (κ3) is 3.98. The van der Waals surface area contributed by atoms with Gasteiger partial charge in [-0.05, 0) is 68.7 Å². The van der Waals surface area contributed by atoms with E-state index in [0.717, 1.165) is 63.5 Å². The molecule has 1 aliphatic carbocycles. The molecule has 3 fully saturated rings. The zero-order valence-electron chi connectivity index (χ0n) is 17.8. The Hall–Kier alpha value is -1.75. The van der Waals surface area contributed by atoms with Crippen LogP contribution in [0.4, 0.5) is 5.69 Å². The number of ether oxygens (including phenoxy) is 1. The average Bonchev–Trinajstić information content (AvgIpc) is 3.11. The molecule has 3 heterocycles. The molecule has 0 bridgehead atoms. The Bertz CT molecular complexity index is 732. The average molecular weight is 398 g/mol. The van der Waals surface area contributed by atoms with Crippen LogP contribution < -0.4 is 9.64 Å². The fourth-order valence-corrected chi connectivity index (χ4v) is 5.65. The molecule has 0 N–H and O–H groups in total. The van der Waals surface area contributed by atoms with Gasteiger partial charge in [0.15, 0.2) is 0 Å². The van der Waals surface area contributed by atoms with Gasteiger partial charge in [0.1, 0.15) is 11.9 Å². The van der Waals surface area contributed by atoms with Crippen molar-refractivity contribution >= 4 is 11.6 Å². The second-order valence-corrected chi connectivity index (χ2v) is 9.41. The highest BCUT2D eigenvalue weighted by molar-refractivity contribution is 5.73. The first-order valence-corrected chi connectivity index (χ1v) is 11.7. The number of benzene rings is 1. The molecule has 0 unspecified atom stereocenters. The molecule has 3 aliphatic heterocycles. The molecule has 158 valence electrons. The first-order valence-electron chi connectivity index (χ1n) is 11.7. The second kappa shape index (κ2) is 8.17. The molecule has 2 saturated heterocycles. The van der Waals surface area contributed by atoms with E-state index in [4.69, 9.17) is 4.74 Å². The zero-order valence-corrected chi connectivity index (χ0v) is 17.8. The van der Waals surface area contributed by atoms with Gasteiger partial charge in [0.05, 0.1) is 0 Å². The minimum Gasteiger partial charge on any atom is -0.490 e. The summed E-state index contributed by atoms with van der Waals surface area (Å²) in [5.74, 6) is 1.27.